The van der Waals surface area contributed by atoms with Gasteiger partial charge in [0.15, 0.2) is 6.61 Å². The zero-order valence-corrected chi connectivity index (χ0v) is 13.6. The number of rotatable bonds is 4. The summed E-state index contributed by atoms with van der Waals surface area (Å²) in [6, 6.07) is 12.0. The quantitative estimate of drug-likeness (QED) is 0.846. The standard InChI is InChI=1S/C17H17ClN2O3/c1-11-5-3-8-15(12(11)2)23-10-16(21)19-20-17(22)13-6-4-7-14(18)9-13/h3-9H,10H2,1-2H3,(H,19,21)(H,20,22). The molecule has 0 atom stereocenters. The Morgan fingerprint density at radius 1 is 1.09 bits per heavy atom. The van der Waals surface area contributed by atoms with Gasteiger partial charge < -0.3 is 4.74 Å². The lowest BCUT2D eigenvalue weighted by Crippen LogP contribution is -2.43. The summed E-state index contributed by atoms with van der Waals surface area (Å²) in [4.78, 5) is 23.6. The summed E-state index contributed by atoms with van der Waals surface area (Å²) in [6.45, 7) is 3.69. The second kappa shape index (κ2) is 7.65. The van der Waals surface area contributed by atoms with Crippen molar-refractivity contribution in [2.75, 3.05) is 6.61 Å². The molecule has 2 N–H and O–H groups in total. The average molecular weight is 333 g/mol. The lowest BCUT2D eigenvalue weighted by molar-refractivity contribution is -0.123. The summed E-state index contributed by atoms with van der Waals surface area (Å²) >= 11 is 5.81. The van der Waals surface area contributed by atoms with Crippen LogP contribution in [0.3, 0.4) is 0 Å². The fraction of sp³-hybridized carbons (Fsp3) is 0.176. The summed E-state index contributed by atoms with van der Waals surface area (Å²) in [6.07, 6.45) is 0. The van der Waals surface area contributed by atoms with E-state index in [1.54, 1.807) is 24.3 Å². The molecule has 0 saturated carbocycles. The van der Waals surface area contributed by atoms with E-state index >= 15 is 0 Å². The highest BCUT2D eigenvalue weighted by atomic mass is 35.5. The SMILES string of the molecule is Cc1cccc(OCC(=O)NNC(=O)c2cccc(Cl)c2)c1C. The highest BCUT2D eigenvalue weighted by Gasteiger charge is 2.09. The second-order valence-electron chi connectivity index (χ2n) is 5.00. The van der Waals surface area contributed by atoms with Crippen molar-refractivity contribution in [1.82, 2.24) is 10.9 Å². The van der Waals surface area contributed by atoms with Crippen molar-refractivity contribution in [2.24, 2.45) is 0 Å². The summed E-state index contributed by atoms with van der Waals surface area (Å²) < 4.78 is 5.45. The van der Waals surface area contributed by atoms with E-state index in [0.717, 1.165) is 11.1 Å². The van der Waals surface area contributed by atoms with Gasteiger partial charge in [0.1, 0.15) is 5.75 Å². The lowest BCUT2D eigenvalue weighted by atomic mass is 10.1. The summed E-state index contributed by atoms with van der Waals surface area (Å²) in [7, 11) is 0. The van der Waals surface area contributed by atoms with Crippen LogP contribution in [0.2, 0.25) is 5.02 Å². The molecule has 0 spiro atoms. The number of hydrazine groups is 1. The Kier molecular flexibility index (Phi) is 5.60. The maximum Gasteiger partial charge on any atom is 0.276 e. The Hall–Kier alpha value is -2.53. The molecule has 2 aromatic rings. The predicted molar refractivity (Wildman–Crippen MR) is 88.5 cm³/mol. The van der Waals surface area contributed by atoms with Gasteiger partial charge in [-0.1, -0.05) is 29.8 Å². The topological polar surface area (TPSA) is 67.4 Å². The minimum absolute atomic E-state index is 0.194. The zero-order valence-electron chi connectivity index (χ0n) is 12.9. The molecule has 0 aliphatic rings. The first kappa shape index (κ1) is 16.8. The van der Waals surface area contributed by atoms with Crippen LogP contribution in [0, 0.1) is 13.8 Å². The Balaban J connectivity index is 1.83. The minimum Gasteiger partial charge on any atom is -0.483 e. The van der Waals surface area contributed by atoms with Gasteiger partial charge in [0.05, 0.1) is 0 Å². The fourth-order valence-corrected chi connectivity index (χ4v) is 2.08. The first-order valence-electron chi connectivity index (χ1n) is 7.01. The first-order valence-corrected chi connectivity index (χ1v) is 7.39. The summed E-state index contributed by atoms with van der Waals surface area (Å²) in [5.74, 6) is -0.268. The van der Waals surface area contributed by atoms with E-state index in [1.165, 1.54) is 6.07 Å². The molecule has 0 aromatic heterocycles. The summed E-state index contributed by atoms with van der Waals surface area (Å²) in [5, 5.41) is 0.447. The van der Waals surface area contributed by atoms with Crippen molar-refractivity contribution in [3.63, 3.8) is 0 Å². The number of ether oxygens (including phenoxy) is 1. The number of aryl methyl sites for hydroxylation is 1. The van der Waals surface area contributed by atoms with Gasteiger partial charge in [-0.25, -0.2) is 0 Å². The molecule has 2 rings (SSSR count). The monoisotopic (exact) mass is 332 g/mol. The molecule has 0 saturated heterocycles. The third kappa shape index (κ3) is 4.72. The van der Waals surface area contributed by atoms with E-state index < -0.39 is 11.8 Å². The van der Waals surface area contributed by atoms with Crippen molar-refractivity contribution in [3.05, 3.63) is 64.2 Å². The number of halogens is 1. The first-order chi connectivity index (χ1) is 11.0. The van der Waals surface area contributed by atoms with Crippen molar-refractivity contribution >= 4 is 23.4 Å². The van der Waals surface area contributed by atoms with E-state index in [4.69, 9.17) is 16.3 Å². The van der Waals surface area contributed by atoms with Crippen LogP contribution in [0.4, 0.5) is 0 Å². The van der Waals surface area contributed by atoms with Crippen LogP contribution < -0.4 is 15.6 Å². The van der Waals surface area contributed by atoms with Gasteiger partial charge in [0.25, 0.3) is 11.8 Å². The Morgan fingerprint density at radius 2 is 1.83 bits per heavy atom. The van der Waals surface area contributed by atoms with E-state index in [1.807, 2.05) is 26.0 Å². The second-order valence-corrected chi connectivity index (χ2v) is 5.44. The molecule has 0 heterocycles. The predicted octanol–water partition coefficient (Wildman–Crippen LogP) is 2.80. The average Bonchev–Trinajstić information content (AvgIpc) is 2.54. The van der Waals surface area contributed by atoms with E-state index in [2.05, 4.69) is 10.9 Å². The molecular weight excluding hydrogens is 316 g/mol. The smallest absolute Gasteiger partial charge is 0.276 e. The number of carbonyl (C=O) groups is 2. The zero-order chi connectivity index (χ0) is 16.8. The Labute approximate surface area is 139 Å². The van der Waals surface area contributed by atoms with Gasteiger partial charge in [-0.2, -0.15) is 0 Å². The number of benzene rings is 2. The van der Waals surface area contributed by atoms with Gasteiger partial charge in [0.2, 0.25) is 0 Å². The van der Waals surface area contributed by atoms with Crippen LogP contribution in [0.1, 0.15) is 21.5 Å². The lowest BCUT2D eigenvalue weighted by Gasteiger charge is -2.11. The molecule has 0 radical (unpaired) electrons. The van der Waals surface area contributed by atoms with Crippen LogP contribution in [-0.2, 0) is 4.79 Å². The number of hydrogen-bond acceptors (Lipinski definition) is 3. The van der Waals surface area contributed by atoms with Gasteiger partial charge in [0, 0.05) is 10.6 Å². The fourth-order valence-electron chi connectivity index (χ4n) is 1.89. The summed E-state index contributed by atoms with van der Waals surface area (Å²) in [5.41, 5.74) is 7.02. The largest absolute Gasteiger partial charge is 0.483 e. The van der Waals surface area contributed by atoms with Crippen LogP contribution in [-0.4, -0.2) is 18.4 Å². The van der Waals surface area contributed by atoms with Gasteiger partial charge in [-0.15, -0.1) is 0 Å². The van der Waals surface area contributed by atoms with Gasteiger partial charge in [-0.3, -0.25) is 20.4 Å². The Morgan fingerprint density at radius 3 is 2.57 bits per heavy atom. The highest BCUT2D eigenvalue weighted by molar-refractivity contribution is 6.30. The van der Waals surface area contributed by atoms with Crippen molar-refractivity contribution < 1.29 is 14.3 Å². The highest BCUT2D eigenvalue weighted by Crippen LogP contribution is 2.20. The van der Waals surface area contributed by atoms with Crippen LogP contribution in [0.5, 0.6) is 5.75 Å². The van der Waals surface area contributed by atoms with Gasteiger partial charge in [-0.05, 0) is 49.2 Å². The van der Waals surface area contributed by atoms with E-state index in [-0.39, 0.29) is 6.61 Å². The molecule has 23 heavy (non-hydrogen) atoms. The van der Waals surface area contributed by atoms with E-state index in [0.29, 0.717) is 16.3 Å². The normalized spacial score (nSPS) is 10.0. The van der Waals surface area contributed by atoms with Crippen LogP contribution >= 0.6 is 11.6 Å². The Bertz CT molecular complexity index is 732. The minimum atomic E-state index is -0.457. The number of carbonyl (C=O) groups excluding carboxylic acids is 2. The van der Waals surface area contributed by atoms with Crippen LogP contribution in [0.15, 0.2) is 42.5 Å². The molecular formula is C17H17ClN2O3. The van der Waals surface area contributed by atoms with Gasteiger partial charge >= 0.3 is 0 Å². The molecule has 0 aliphatic heterocycles. The molecule has 5 nitrogen and oxygen atoms in total. The molecule has 0 fully saturated rings. The maximum atomic E-state index is 11.8. The third-order valence-electron chi connectivity index (χ3n) is 3.32. The molecule has 0 bridgehead atoms. The molecule has 6 heteroatoms. The molecule has 2 aromatic carbocycles. The number of hydrogen-bond donors (Lipinski definition) is 2. The van der Waals surface area contributed by atoms with Crippen LogP contribution in [0.25, 0.3) is 0 Å². The maximum absolute atomic E-state index is 11.8. The molecule has 0 unspecified atom stereocenters. The molecule has 120 valence electrons. The van der Waals surface area contributed by atoms with E-state index in [9.17, 15) is 9.59 Å². The third-order valence-corrected chi connectivity index (χ3v) is 3.55. The number of amides is 2. The molecule has 2 amide bonds. The van der Waals surface area contributed by atoms with Crippen molar-refractivity contribution in [2.45, 2.75) is 13.8 Å². The molecule has 0 aliphatic carbocycles. The number of nitrogens with one attached hydrogen (secondary N) is 2. The van der Waals surface area contributed by atoms with Crippen molar-refractivity contribution in [3.8, 4) is 5.75 Å². The van der Waals surface area contributed by atoms with Crippen molar-refractivity contribution in [1.29, 1.82) is 0 Å².